The van der Waals surface area contributed by atoms with Gasteiger partial charge in [-0.2, -0.15) is 0 Å². The van der Waals surface area contributed by atoms with Gasteiger partial charge in [-0.3, -0.25) is 4.79 Å². The molecular formula is C17H20N2O3. The Morgan fingerprint density at radius 2 is 2.18 bits per heavy atom. The number of carboxylic acid groups (broad SMARTS) is 1. The Kier molecular flexibility index (Phi) is 3.88. The van der Waals surface area contributed by atoms with Gasteiger partial charge >= 0.3 is 5.97 Å². The highest BCUT2D eigenvalue weighted by Gasteiger charge is 2.31. The molecule has 1 aromatic heterocycles. The topological polar surface area (TPSA) is 73.4 Å². The molecule has 5 nitrogen and oxygen atoms in total. The van der Waals surface area contributed by atoms with E-state index in [0.717, 1.165) is 34.9 Å². The number of benzene rings is 1. The van der Waals surface area contributed by atoms with Crippen LogP contribution in [-0.4, -0.2) is 39.5 Å². The Bertz CT molecular complexity index is 720. The normalized spacial score (nSPS) is 18.6. The number of fused-ring (bicyclic) bond motifs is 1. The first-order chi connectivity index (χ1) is 10.6. The van der Waals surface area contributed by atoms with Gasteiger partial charge in [-0.15, -0.1) is 0 Å². The Hall–Kier alpha value is -2.30. The third-order valence-corrected chi connectivity index (χ3v) is 4.46. The maximum absolute atomic E-state index is 12.6. The van der Waals surface area contributed by atoms with Gasteiger partial charge < -0.3 is 15.0 Å². The number of carbonyl (C=O) groups is 2. The highest BCUT2D eigenvalue weighted by Crippen LogP contribution is 2.24. The molecule has 116 valence electrons. The first-order valence-electron chi connectivity index (χ1n) is 7.66. The Morgan fingerprint density at radius 3 is 2.95 bits per heavy atom. The molecule has 0 bridgehead atoms. The number of H-pyrrole nitrogens is 1. The quantitative estimate of drug-likeness (QED) is 0.914. The second-order valence-electron chi connectivity index (χ2n) is 5.93. The van der Waals surface area contributed by atoms with E-state index in [0.29, 0.717) is 13.0 Å². The van der Waals surface area contributed by atoms with Gasteiger partial charge in [0.1, 0.15) is 6.04 Å². The van der Waals surface area contributed by atoms with Crippen LogP contribution >= 0.6 is 0 Å². The van der Waals surface area contributed by atoms with Gasteiger partial charge in [0.05, 0.1) is 6.42 Å². The summed E-state index contributed by atoms with van der Waals surface area (Å²) in [5, 5.41) is 10.3. The number of para-hydroxylation sites is 1. The fourth-order valence-electron chi connectivity index (χ4n) is 3.26. The van der Waals surface area contributed by atoms with Crippen molar-refractivity contribution in [2.24, 2.45) is 0 Å². The number of aryl methyl sites for hydroxylation is 1. The zero-order chi connectivity index (χ0) is 15.7. The molecule has 0 aliphatic carbocycles. The lowest BCUT2D eigenvalue weighted by atomic mass is 10.0. The smallest absolute Gasteiger partial charge is 0.326 e. The largest absolute Gasteiger partial charge is 0.480 e. The minimum atomic E-state index is -0.900. The number of hydrogen-bond donors (Lipinski definition) is 2. The van der Waals surface area contributed by atoms with Crippen molar-refractivity contribution in [1.82, 2.24) is 9.88 Å². The van der Waals surface area contributed by atoms with E-state index in [4.69, 9.17) is 0 Å². The standard InChI is InChI=1S/C17H20N2O3/c1-11-5-4-6-13-12(10-18-16(11)13)9-15(20)19-8-3-2-7-14(19)17(21)22/h4-6,10,14,18H,2-3,7-9H2,1H3,(H,21,22). The fraction of sp³-hybridized carbons (Fsp3) is 0.412. The van der Waals surface area contributed by atoms with Crippen LogP contribution in [-0.2, 0) is 16.0 Å². The molecule has 1 fully saturated rings. The van der Waals surface area contributed by atoms with Crippen molar-refractivity contribution < 1.29 is 14.7 Å². The van der Waals surface area contributed by atoms with Crippen LogP contribution < -0.4 is 0 Å². The third kappa shape index (κ3) is 2.58. The van der Waals surface area contributed by atoms with Gasteiger partial charge in [-0.05, 0) is 37.3 Å². The van der Waals surface area contributed by atoms with Gasteiger partial charge in [0, 0.05) is 23.6 Å². The molecular weight excluding hydrogens is 280 g/mol. The highest BCUT2D eigenvalue weighted by atomic mass is 16.4. The zero-order valence-corrected chi connectivity index (χ0v) is 12.6. The van der Waals surface area contributed by atoms with Crippen LogP contribution in [0.2, 0.25) is 0 Å². The molecule has 1 amide bonds. The lowest BCUT2D eigenvalue weighted by Crippen LogP contribution is -2.48. The first kappa shape index (κ1) is 14.6. The van der Waals surface area contributed by atoms with Crippen molar-refractivity contribution in [3.05, 3.63) is 35.5 Å². The van der Waals surface area contributed by atoms with Crippen LogP contribution in [0, 0.1) is 6.92 Å². The molecule has 1 unspecified atom stereocenters. The van der Waals surface area contributed by atoms with Crippen LogP contribution in [0.15, 0.2) is 24.4 Å². The maximum Gasteiger partial charge on any atom is 0.326 e. The Labute approximate surface area is 128 Å². The molecule has 1 aliphatic heterocycles. The molecule has 1 aromatic carbocycles. The van der Waals surface area contributed by atoms with Crippen molar-refractivity contribution in [2.75, 3.05) is 6.54 Å². The van der Waals surface area contributed by atoms with E-state index in [1.54, 1.807) is 0 Å². The summed E-state index contributed by atoms with van der Waals surface area (Å²) in [7, 11) is 0. The van der Waals surface area contributed by atoms with Crippen molar-refractivity contribution in [2.45, 2.75) is 38.6 Å². The van der Waals surface area contributed by atoms with E-state index in [-0.39, 0.29) is 12.3 Å². The number of nitrogens with one attached hydrogen (secondary N) is 1. The molecule has 0 spiro atoms. The van der Waals surface area contributed by atoms with Crippen LogP contribution in [0.1, 0.15) is 30.4 Å². The number of amides is 1. The predicted octanol–water partition coefficient (Wildman–Crippen LogP) is 2.48. The van der Waals surface area contributed by atoms with E-state index in [1.165, 1.54) is 4.90 Å². The molecule has 0 radical (unpaired) electrons. The molecule has 2 heterocycles. The summed E-state index contributed by atoms with van der Waals surface area (Å²) >= 11 is 0. The number of nitrogens with zero attached hydrogens (tertiary/aromatic N) is 1. The number of aromatic amines is 1. The molecule has 5 heteroatoms. The summed E-state index contributed by atoms with van der Waals surface area (Å²) in [5.41, 5.74) is 3.11. The first-order valence-corrected chi connectivity index (χ1v) is 7.66. The van der Waals surface area contributed by atoms with Gasteiger partial charge in [-0.1, -0.05) is 18.2 Å². The number of aliphatic carboxylic acids is 1. The minimum Gasteiger partial charge on any atom is -0.480 e. The number of hydrogen-bond acceptors (Lipinski definition) is 2. The number of rotatable bonds is 3. The second-order valence-corrected chi connectivity index (χ2v) is 5.93. The van der Waals surface area contributed by atoms with E-state index in [9.17, 15) is 14.7 Å². The third-order valence-electron chi connectivity index (χ3n) is 4.46. The Morgan fingerprint density at radius 1 is 1.36 bits per heavy atom. The highest BCUT2D eigenvalue weighted by molar-refractivity contribution is 5.91. The molecule has 3 rings (SSSR count). The monoisotopic (exact) mass is 300 g/mol. The average Bonchev–Trinajstić information content (AvgIpc) is 2.92. The summed E-state index contributed by atoms with van der Waals surface area (Å²) in [6.07, 6.45) is 4.39. The maximum atomic E-state index is 12.6. The average molecular weight is 300 g/mol. The molecule has 0 saturated carbocycles. The zero-order valence-electron chi connectivity index (χ0n) is 12.6. The fourth-order valence-corrected chi connectivity index (χ4v) is 3.26. The van der Waals surface area contributed by atoms with Gasteiger partial charge in [-0.25, -0.2) is 4.79 Å². The van der Waals surface area contributed by atoms with E-state index in [1.807, 2.05) is 31.3 Å². The summed E-state index contributed by atoms with van der Waals surface area (Å²) in [6, 6.07) is 5.32. The number of piperidine rings is 1. The summed E-state index contributed by atoms with van der Waals surface area (Å²) in [5.74, 6) is -1.00. The van der Waals surface area contributed by atoms with E-state index in [2.05, 4.69) is 4.98 Å². The van der Waals surface area contributed by atoms with Crippen LogP contribution in [0.3, 0.4) is 0 Å². The van der Waals surface area contributed by atoms with Gasteiger partial charge in [0.15, 0.2) is 0 Å². The summed E-state index contributed by atoms with van der Waals surface area (Å²) in [4.78, 5) is 28.6. The molecule has 1 aliphatic rings. The molecule has 2 aromatic rings. The minimum absolute atomic E-state index is 0.102. The summed E-state index contributed by atoms with van der Waals surface area (Å²) < 4.78 is 0. The SMILES string of the molecule is Cc1cccc2c(CC(=O)N3CCCCC3C(=O)O)c[nH]c12. The summed E-state index contributed by atoms with van der Waals surface area (Å²) in [6.45, 7) is 2.56. The van der Waals surface area contributed by atoms with Crippen molar-refractivity contribution in [3.63, 3.8) is 0 Å². The Balaban J connectivity index is 1.83. The van der Waals surface area contributed by atoms with Crippen molar-refractivity contribution in [1.29, 1.82) is 0 Å². The van der Waals surface area contributed by atoms with Gasteiger partial charge in [0.2, 0.25) is 5.91 Å². The van der Waals surface area contributed by atoms with Crippen molar-refractivity contribution >= 4 is 22.8 Å². The van der Waals surface area contributed by atoms with E-state index < -0.39 is 12.0 Å². The predicted molar refractivity (Wildman–Crippen MR) is 83.7 cm³/mol. The number of likely N-dealkylation sites (tertiary alicyclic amines) is 1. The lowest BCUT2D eigenvalue weighted by molar-refractivity contribution is -0.151. The van der Waals surface area contributed by atoms with E-state index >= 15 is 0 Å². The molecule has 1 saturated heterocycles. The molecule has 22 heavy (non-hydrogen) atoms. The second kappa shape index (κ2) is 5.83. The van der Waals surface area contributed by atoms with Crippen LogP contribution in [0.25, 0.3) is 10.9 Å². The van der Waals surface area contributed by atoms with Crippen molar-refractivity contribution in [3.8, 4) is 0 Å². The molecule has 2 N–H and O–H groups in total. The number of carbonyl (C=O) groups excluding carboxylic acids is 1. The number of carboxylic acids is 1. The van der Waals surface area contributed by atoms with Gasteiger partial charge in [0.25, 0.3) is 0 Å². The molecule has 1 atom stereocenters. The van der Waals surface area contributed by atoms with Crippen LogP contribution in [0.5, 0.6) is 0 Å². The van der Waals surface area contributed by atoms with Crippen LogP contribution in [0.4, 0.5) is 0 Å². The lowest BCUT2D eigenvalue weighted by Gasteiger charge is -2.33. The number of aromatic nitrogens is 1.